The van der Waals surface area contributed by atoms with E-state index in [9.17, 15) is 9.90 Å². The van der Waals surface area contributed by atoms with E-state index in [2.05, 4.69) is 0 Å². The number of nitrogens with two attached hydrogens (primary N) is 1. The van der Waals surface area contributed by atoms with Crippen LogP contribution in [0.15, 0.2) is 23.7 Å². The Bertz CT molecular complexity index is 638. The van der Waals surface area contributed by atoms with E-state index in [1.807, 2.05) is 27.7 Å². The van der Waals surface area contributed by atoms with Crippen LogP contribution in [0.3, 0.4) is 0 Å². The van der Waals surface area contributed by atoms with E-state index in [0.717, 1.165) is 0 Å². The molecular weight excluding hydrogens is 297 g/mol. The quantitative estimate of drug-likeness (QED) is 0.579. The van der Waals surface area contributed by atoms with Crippen LogP contribution in [0.5, 0.6) is 0 Å². The first-order valence-corrected chi connectivity index (χ1v) is 7.37. The summed E-state index contributed by atoms with van der Waals surface area (Å²) in [5, 5.41) is 18.6. The van der Waals surface area contributed by atoms with E-state index >= 15 is 0 Å². The van der Waals surface area contributed by atoms with Crippen molar-refractivity contribution < 1.29 is 24.3 Å². The lowest BCUT2D eigenvalue weighted by atomic mass is 9.77. The molecule has 0 spiro atoms. The zero-order valence-electron chi connectivity index (χ0n) is 13.8. The third kappa shape index (κ3) is 3.42. The molecule has 1 fully saturated rings. The maximum absolute atomic E-state index is 10.9. The molecule has 23 heavy (non-hydrogen) atoms. The van der Waals surface area contributed by atoms with E-state index in [1.54, 1.807) is 12.1 Å². The topological polar surface area (TPSA) is 102 Å². The monoisotopic (exact) mass is 319 g/mol. The van der Waals surface area contributed by atoms with Crippen LogP contribution in [0.1, 0.15) is 43.6 Å². The van der Waals surface area contributed by atoms with Crippen molar-refractivity contribution in [3.05, 3.63) is 34.8 Å². The van der Waals surface area contributed by atoms with Gasteiger partial charge in [-0.15, -0.1) is 0 Å². The van der Waals surface area contributed by atoms with Gasteiger partial charge in [0.05, 0.1) is 23.4 Å². The first-order valence-electron chi connectivity index (χ1n) is 7.37. The zero-order chi connectivity index (χ0) is 17.4. The smallest absolute Gasteiger partial charge is 0.478 e. The SMILES string of the molecule is CC1(C)OB(C(=Cc2ccc(C(=O)O)cc2N)CO)OC1(C)C. The van der Waals surface area contributed by atoms with Crippen molar-refractivity contribution in [3.8, 4) is 0 Å². The molecular formula is C16H22BNO5. The molecule has 1 aromatic carbocycles. The molecule has 6 nitrogen and oxygen atoms in total. The third-order valence-electron chi connectivity index (χ3n) is 4.41. The van der Waals surface area contributed by atoms with Gasteiger partial charge in [0.15, 0.2) is 0 Å². The lowest BCUT2D eigenvalue weighted by Crippen LogP contribution is -2.41. The largest absolute Gasteiger partial charge is 0.492 e. The molecule has 0 saturated carbocycles. The molecule has 7 heteroatoms. The Morgan fingerprint density at radius 3 is 2.26 bits per heavy atom. The summed E-state index contributed by atoms with van der Waals surface area (Å²) in [6.07, 6.45) is 1.67. The molecule has 1 heterocycles. The van der Waals surface area contributed by atoms with Crippen molar-refractivity contribution in [2.45, 2.75) is 38.9 Å². The second-order valence-corrected chi connectivity index (χ2v) is 6.61. The van der Waals surface area contributed by atoms with Crippen LogP contribution in [0.25, 0.3) is 6.08 Å². The number of carbonyl (C=O) groups is 1. The maximum atomic E-state index is 10.9. The van der Waals surface area contributed by atoms with Gasteiger partial charge in [-0.1, -0.05) is 12.1 Å². The molecule has 0 atom stereocenters. The van der Waals surface area contributed by atoms with Gasteiger partial charge in [-0.2, -0.15) is 0 Å². The summed E-state index contributed by atoms with van der Waals surface area (Å²) in [6.45, 7) is 7.46. The number of benzene rings is 1. The predicted octanol–water partition coefficient (Wildman–Crippen LogP) is 1.97. The molecule has 124 valence electrons. The van der Waals surface area contributed by atoms with Crippen molar-refractivity contribution in [1.82, 2.24) is 0 Å². The third-order valence-corrected chi connectivity index (χ3v) is 4.41. The summed E-state index contributed by atoms with van der Waals surface area (Å²) >= 11 is 0. The Balaban J connectivity index is 2.32. The van der Waals surface area contributed by atoms with Gasteiger partial charge in [0.25, 0.3) is 0 Å². The second-order valence-electron chi connectivity index (χ2n) is 6.61. The first kappa shape index (κ1) is 17.5. The van der Waals surface area contributed by atoms with Crippen LogP contribution >= 0.6 is 0 Å². The number of rotatable bonds is 4. The van der Waals surface area contributed by atoms with Crippen LogP contribution in [-0.4, -0.2) is 41.1 Å². The van der Waals surface area contributed by atoms with Gasteiger partial charge in [0.2, 0.25) is 0 Å². The Kier molecular flexibility index (Phi) is 4.57. The van der Waals surface area contributed by atoms with Crippen LogP contribution in [0.2, 0.25) is 0 Å². The number of aromatic carboxylic acids is 1. The van der Waals surface area contributed by atoms with Gasteiger partial charge in [-0.25, -0.2) is 4.79 Å². The van der Waals surface area contributed by atoms with Crippen molar-refractivity contribution in [2.24, 2.45) is 0 Å². The highest BCUT2D eigenvalue weighted by atomic mass is 16.7. The van der Waals surface area contributed by atoms with Gasteiger partial charge >= 0.3 is 13.1 Å². The minimum atomic E-state index is -1.04. The van der Waals surface area contributed by atoms with Crippen LogP contribution in [0.4, 0.5) is 5.69 Å². The maximum Gasteiger partial charge on any atom is 0.492 e. The second kappa shape index (κ2) is 6.00. The average Bonchev–Trinajstić information content (AvgIpc) is 2.65. The number of aliphatic hydroxyl groups is 1. The number of hydrogen-bond donors (Lipinski definition) is 3. The first-order chi connectivity index (χ1) is 10.6. The number of carboxylic acid groups (broad SMARTS) is 1. The van der Waals surface area contributed by atoms with E-state index in [-0.39, 0.29) is 12.2 Å². The number of nitrogen functional groups attached to an aromatic ring is 1. The van der Waals surface area contributed by atoms with Gasteiger partial charge < -0.3 is 25.3 Å². The molecule has 0 radical (unpaired) electrons. The fourth-order valence-corrected chi connectivity index (χ4v) is 2.22. The highest BCUT2D eigenvalue weighted by Gasteiger charge is 2.52. The minimum Gasteiger partial charge on any atom is -0.478 e. The summed E-state index contributed by atoms with van der Waals surface area (Å²) in [5.41, 5.74) is 6.43. The summed E-state index contributed by atoms with van der Waals surface area (Å²) in [6, 6.07) is 4.44. The summed E-state index contributed by atoms with van der Waals surface area (Å²) in [4.78, 5) is 10.9. The normalized spacial score (nSPS) is 19.9. The molecule has 1 saturated heterocycles. The molecule has 0 unspecified atom stereocenters. The number of anilines is 1. The summed E-state index contributed by atoms with van der Waals surface area (Å²) in [5.74, 6) is -1.04. The Labute approximate surface area is 136 Å². The number of hydrogen-bond acceptors (Lipinski definition) is 5. The van der Waals surface area contributed by atoms with Crippen molar-refractivity contribution in [2.75, 3.05) is 12.3 Å². The molecule has 4 N–H and O–H groups in total. The molecule has 2 rings (SSSR count). The summed E-state index contributed by atoms with van der Waals surface area (Å²) in [7, 11) is -0.677. The fraction of sp³-hybridized carbons (Fsp3) is 0.438. The molecule has 0 aliphatic carbocycles. The van der Waals surface area contributed by atoms with Crippen molar-refractivity contribution in [3.63, 3.8) is 0 Å². The summed E-state index contributed by atoms with van der Waals surface area (Å²) < 4.78 is 11.8. The molecule has 0 aromatic heterocycles. The molecule has 1 aromatic rings. The molecule has 1 aliphatic rings. The van der Waals surface area contributed by atoms with Gasteiger partial charge in [0.1, 0.15) is 0 Å². The van der Waals surface area contributed by atoms with Crippen LogP contribution in [0, 0.1) is 0 Å². The lowest BCUT2D eigenvalue weighted by Gasteiger charge is -2.32. The highest BCUT2D eigenvalue weighted by Crippen LogP contribution is 2.38. The predicted molar refractivity (Wildman–Crippen MR) is 89.0 cm³/mol. The van der Waals surface area contributed by atoms with Gasteiger partial charge in [-0.05, 0) is 50.9 Å². The van der Waals surface area contributed by atoms with Crippen molar-refractivity contribution in [1.29, 1.82) is 0 Å². The van der Waals surface area contributed by atoms with E-state index in [1.165, 1.54) is 12.1 Å². The number of aliphatic hydroxyl groups excluding tert-OH is 1. The van der Waals surface area contributed by atoms with Crippen LogP contribution < -0.4 is 5.73 Å². The lowest BCUT2D eigenvalue weighted by molar-refractivity contribution is 0.00578. The van der Waals surface area contributed by atoms with E-state index in [0.29, 0.717) is 16.7 Å². The Hall–Kier alpha value is -1.83. The molecule has 0 bridgehead atoms. The van der Waals surface area contributed by atoms with Crippen molar-refractivity contribution >= 4 is 24.9 Å². The van der Waals surface area contributed by atoms with Gasteiger partial charge in [-0.3, -0.25) is 0 Å². The van der Waals surface area contributed by atoms with E-state index < -0.39 is 24.3 Å². The van der Waals surface area contributed by atoms with E-state index in [4.69, 9.17) is 20.1 Å². The average molecular weight is 319 g/mol. The molecule has 1 aliphatic heterocycles. The fourth-order valence-electron chi connectivity index (χ4n) is 2.22. The van der Waals surface area contributed by atoms with Gasteiger partial charge in [0, 0.05) is 5.69 Å². The van der Waals surface area contributed by atoms with Crippen LogP contribution in [-0.2, 0) is 9.31 Å². The highest BCUT2D eigenvalue weighted by molar-refractivity contribution is 6.55. The minimum absolute atomic E-state index is 0.112. The standard InChI is InChI=1S/C16H22BNO5/c1-15(2)16(3,4)23-17(22-15)12(9-19)7-10-5-6-11(14(20)21)8-13(10)18/h5-8,19H,9,18H2,1-4H3,(H,20,21). The Morgan fingerprint density at radius 2 is 1.83 bits per heavy atom. The zero-order valence-corrected chi connectivity index (χ0v) is 13.8. The number of carboxylic acids is 1. The molecule has 0 amide bonds. The Morgan fingerprint density at radius 1 is 1.26 bits per heavy atom.